The van der Waals surface area contributed by atoms with Crippen molar-refractivity contribution in [2.45, 2.75) is 6.54 Å². The van der Waals surface area contributed by atoms with Crippen LogP contribution in [0.25, 0.3) is 0 Å². The van der Waals surface area contributed by atoms with Crippen LogP contribution in [0.2, 0.25) is 5.02 Å². The minimum Gasteiger partial charge on any atom is -0.437 e. The largest absolute Gasteiger partial charge is 0.437 e. The summed E-state index contributed by atoms with van der Waals surface area (Å²) in [6, 6.07) is 4.10. The van der Waals surface area contributed by atoms with Crippen molar-refractivity contribution in [2.24, 2.45) is 0 Å². The van der Waals surface area contributed by atoms with Gasteiger partial charge in [-0.2, -0.15) is 0 Å². The molecular formula is C12H11ClFN3O. The molecule has 1 aromatic heterocycles. The van der Waals surface area contributed by atoms with Crippen LogP contribution in [0.1, 0.15) is 5.69 Å². The molecule has 0 aliphatic rings. The molecule has 6 heteroatoms. The molecule has 94 valence electrons. The lowest BCUT2D eigenvalue weighted by Crippen LogP contribution is -2.07. The van der Waals surface area contributed by atoms with Crippen molar-refractivity contribution in [3.05, 3.63) is 47.1 Å². The van der Waals surface area contributed by atoms with E-state index in [2.05, 4.69) is 15.3 Å². The monoisotopic (exact) mass is 267 g/mol. The Morgan fingerprint density at radius 1 is 1.33 bits per heavy atom. The summed E-state index contributed by atoms with van der Waals surface area (Å²) in [4.78, 5) is 8.23. The fraction of sp³-hybridized carbons (Fsp3) is 0.167. The van der Waals surface area contributed by atoms with E-state index in [9.17, 15) is 4.39 Å². The maximum absolute atomic E-state index is 13.0. The van der Waals surface area contributed by atoms with Crippen molar-refractivity contribution in [2.75, 3.05) is 7.05 Å². The summed E-state index contributed by atoms with van der Waals surface area (Å²) in [5.41, 5.74) is 0.807. The summed E-state index contributed by atoms with van der Waals surface area (Å²) in [6.45, 7) is 0.635. The average Bonchev–Trinajstić information content (AvgIpc) is 2.37. The lowest BCUT2D eigenvalue weighted by molar-refractivity contribution is 0.457. The highest BCUT2D eigenvalue weighted by Gasteiger charge is 2.04. The predicted octanol–water partition coefficient (Wildman–Crippen LogP) is 2.78. The van der Waals surface area contributed by atoms with Gasteiger partial charge >= 0.3 is 0 Å². The number of ether oxygens (including phenoxy) is 1. The van der Waals surface area contributed by atoms with Crippen LogP contribution in [-0.4, -0.2) is 17.0 Å². The Morgan fingerprint density at radius 2 is 2.17 bits per heavy atom. The van der Waals surface area contributed by atoms with Crippen molar-refractivity contribution in [3.8, 4) is 11.6 Å². The van der Waals surface area contributed by atoms with Crippen LogP contribution in [0.4, 0.5) is 4.39 Å². The molecule has 1 N–H and O–H groups in total. The zero-order valence-electron chi connectivity index (χ0n) is 9.65. The van der Waals surface area contributed by atoms with Crippen LogP contribution < -0.4 is 10.1 Å². The topological polar surface area (TPSA) is 47.0 Å². The van der Waals surface area contributed by atoms with Gasteiger partial charge in [-0.05, 0) is 19.2 Å². The van der Waals surface area contributed by atoms with Crippen LogP contribution in [-0.2, 0) is 6.54 Å². The zero-order valence-corrected chi connectivity index (χ0v) is 10.4. The number of benzene rings is 1. The summed E-state index contributed by atoms with van der Waals surface area (Å²) in [6.07, 6.45) is 3.11. The molecule has 4 nitrogen and oxygen atoms in total. The lowest BCUT2D eigenvalue weighted by atomic mass is 10.3. The normalized spacial score (nSPS) is 10.4. The summed E-state index contributed by atoms with van der Waals surface area (Å²) < 4.78 is 18.4. The first-order valence-corrected chi connectivity index (χ1v) is 5.65. The molecule has 0 aliphatic carbocycles. The lowest BCUT2D eigenvalue weighted by Gasteiger charge is -2.05. The number of hydrogen-bond acceptors (Lipinski definition) is 4. The molecule has 0 atom stereocenters. The Labute approximate surface area is 109 Å². The quantitative estimate of drug-likeness (QED) is 0.925. The molecule has 0 amide bonds. The summed E-state index contributed by atoms with van der Waals surface area (Å²) in [7, 11) is 1.83. The minimum absolute atomic E-state index is 0.00672. The Bertz CT molecular complexity index is 533. The predicted molar refractivity (Wildman–Crippen MR) is 66.3 cm³/mol. The van der Waals surface area contributed by atoms with Gasteiger partial charge in [0.1, 0.15) is 11.6 Å². The average molecular weight is 268 g/mol. The standard InChI is InChI=1S/C12H11ClFN3O/c1-15-5-8-6-17-12(7-16-8)18-9-2-3-11(14)10(13)4-9/h2-4,6-7,15H,5H2,1H3. The van der Waals surface area contributed by atoms with Crippen LogP contribution in [0.3, 0.4) is 0 Å². The van der Waals surface area contributed by atoms with Gasteiger partial charge in [0.2, 0.25) is 5.88 Å². The van der Waals surface area contributed by atoms with Gasteiger partial charge in [-0.15, -0.1) is 0 Å². The number of hydrogen-bond donors (Lipinski definition) is 1. The van der Waals surface area contributed by atoms with Gasteiger partial charge in [-0.25, -0.2) is 9.37 Å². The Kier molecular flexibility index (Phi) is 4.07. The van der Waals surface area contributed by atoms with Crippen LogP contribution in [0.5, 0.6) is 11.6 Å². The molecular weight excluding hydrogens is 257 g/mol. The highest BCUT2D eigenvalue weighted by molar-refractivity contribution is 6.30. The van der Waals surface area contributed by atoms with Crippen molar-refractivity contribution in [3.63, 3.8) is 0 Å². The second kappa shape index (κ2) is 5.75. The summed E-state index contributed by atoms with van der Waals surface area (Å²) >= 11 is 5.65. The van der Waals surface area contributed by atoms with Gasteiger partial charge in [0.15, 0.2) is 0 Å². The Hall–Kier alpha value is -1.72. The molecule has 18 heavy (non-hydrogen) atoms. The number of nitrogens with one attached hydrogen (secondary N) is 1. The minimum atomic E-state index is -0.487. The van der Waals surface area contributed by atoms with Crippen molar-refractivity contribution in [1.29, 1.82) is 0 Å². The Balaban J connectivity index is 2.10. The van der Waals surface area contributed by atoms with Gasteiger partial charge in [-0.3, -0.25) is 4.98 Å². The molecule has 1 heterocycles. The first-order valence-electron chi connectivity index (χ1n) is 5.27. The number of nitrogens with zero attached hydrogens (tertiary/aromatic N) is 2. The Morgan fingerprint density at radius 3 is 2.78 bits per heavy atom. The molecule has 1 aromatic carbocycles. The maximum atomic E-state index is 13.0. The highest BCUT2D eigenvalue weighted by atomic mass is 35.5. The molecule has 0 fully saturated rings. The third-order valence-corrected chi connectivity index (χ3v) is 2.44. The van der Waals surface area contributed by atoms with E-state index in [1.165, 1.54) is 24.4 Å². The van der Waals surface area contributed by atoms with Crippen LogP contribution in [0.15, 0.2) is 30.6 Å². The SMILES string of the molecule is CNCc1cnc(Oc2ccc(F)c(Cl)c2)cn1. The van der Waals surface area contributed by atoms with Crippen molar-refractivity contribution in [1.82, 2.24) is 15.3 Å². The van der Waals surface area contributed by atoms with Gasteiger partial charge in [0.05, 0.1) is 23.1 Å². The van der Waals surface area contributed by atoms with Gasteiger partial charge < -0.3 is 10.1 Å². The molecule has 0 radical (unpaired) electrons. The third kappa shape index (κ3) is 3.15. The molecule has 0 saturated carbocycles. The van der Waals surface area contributed by atoms with E-state index in [1.54, 1.807) is 6.20 Å². The fourth-order valence-corrected chi connectivity index (χ4v) is 1.50. The zero-order chi connectivity index (χ0) is 13.0. The van der Waals surface area contributed by atoms with Crippen molar-refractivity contribution >= 4 is 11.6 Å². The first kappa shape index (κ1) is 12.7. The van der Waals surface area contributed by atoms with E-state index in [0.717, 1.165) is 5.69 Å². The van der Waals surface area contributed by atoms with E-state index in [1.807, 2.05) is 7.05 Å². The molecule has 0 bridgehead atoms. The van der Waals surface area contributed by atoms with E-state index >= 15 is 0 Å². The second-order valence-electron chi connectivity index (χ2n) is 3.55. The van der Waals surface area contributed by atoms with Gasteiger partial charge in [0, 0.05) is 12.6 Å². The van der Waals surface area contributed by atoms with Crippen molar-refractivity contribution < 1.29 is 9.13 Å². The highest BCUT2D eigenvalue weighted by Crippen LogP contribution is 2.24. The molecule has 0 spiro atoms. The third-order valence-electron chi connectivity index (χ3n) is 2.15. The van der Waals surface area contributed by atoms with E-state index < -0.39 is 5.82 Å². The summed E-state index contributed by atoms with van der Waals surface area (Å²) in [5, 5.41) is 2.97. The maximum Gasteiger partial charge on any atom is 0.237 e. The van der Waals surface area contributed by atoms with E-state index in [-0.39, 0.29) is 5.02 Å². The van der Waals surface area contributed by atoms with Crippen LogP contribution >= 0.6 is 11.6 Å². The molecule has 0 saturated heterocycles. The van der Waals surface area contributed by atoms with Gasteiger partial charge in [-0.1, -0.05) is 11.6 Å². The summed E-state index contributed by atoms with van der Waals surface area (Å²) in [5.74, 6) is 0.258. The molecule has 2 aromatic rings. The second-order valence-corrected chi connectivity index (χ2v) is 3.96. The number of halogens is 2. The van der Waals surface area contributed by atoms with Crippen LogP contribution in [0, 0.1) is 5.82 Å². The molecule has 0 unspecified atom stereocenters. The number of aromatic nitrogens is 2. The smallest absolute Gasteiger partial charge is 0.237 e. The van der Waals surface area contributed by atoms with Gasteiger partial charge in [0.25, 0.3) is 0 Å². The first-order chi connectivity index (χ1) is 8.69. The van der Waals surface area contributed by atoms with E-state index in [0.29, 0.717) is 18.2 Å². The molecule has 0 aliphatic heterocycles. The fourth-order valence-electron chi connectivity index (χ4n) is 1.33. The number of rotatable bonds is 4. The molecule has 2 rings (SSSR count). The van der Waals surface area contributed by atoms with E-state index in [4.69, 9.17) is 16.3 Å².